The quantitative estimate of drug-likeness (QED) is 0.838. The average Bonchev–Trinajstić information content (AvgIpc) is 2.96. The van der Waals surface area contributed by atoms with Gasteiger partial charge in [-0.3, -0.25) is 4.79 Å². The molecule has 7 heteroatoms. The van der Waals surface area contributed by atoms with E-state index in [0.29, 0.717) is 19.6 Å². The average molecular weight is 349 g/mol. The number of hydrogen-bond donors (Lipinski definition) is 1. The first kappa shape index (κ1) is 20.5. The fourth-order valence-corrected chi connectivity index (χ4v) is 2.05. The van der Waals surface area contributed by atoms with Crippen LogP contribution in [0.15, 0.2) is 30.6 Å². The van der Waals surface area contributed by atoms with Crippen LogP contribution in [0.3, 0.4) is 0 Å². The SMILES string of the molecule is CC(CNC(=O)OC(C)(C)C)n1ccc2cccnc21.CCOC=O. The summed E-state index contributed by atoms with van der Waals surface area (Å²) in [6, 6.07) is 6.06. The molecule has 138 valence electrons. The lowest BCUT2D eigenvalue weighted by Gasteiger charge is -2.21. The second-order valence-corrected chi connectivity index (χ2v) is 6.42. The van der Waals surface area contributed by atoms with Gasteiger partial charge < -0.3 is 19.4 Å². The van der Waals surface area contributed by atoms with Gasteiger partial charge in [0.15, 0.2) is 0 Å². The first-order valence-electron chi connectivity index (χ1n) is 8.22. The van der Waals surface area contributed by atoms with Crippen molar-refractivity contribution in [1.29, 1.82) is 0 Å². The van der Waals surface area contributed by atoms with Gasteiger partial charge in [-0.15, -0.1) is 0 Å². The predicted molar refractivity (Wildman–Crippen MR) is 96.4 cm³/mol. The molecule has 0 radical (unpaired) electrons. The van der Waals surface area contributed by atoms with Crippen molar-refractivity contribution in [2.45, 2.75) is 46.3 Å². The number of fused-ring (bicyclic) bond motifs is 1. The van der Waals surface area contributed by atoms with Gasteiger partial charge in [-0.1, -0.05) is 0 Å². The van der Waals surface area contributed by atoms with Crippen LogP contribution in [0.4, 0.5) is 4.79 Å². The van der Waals surface area contributed by atoms with Crippen molar-refractivity contribution < 1.29 is 19.1 Å². The summed E-state index contributed by atoms with van der Waals surface area (Å²) in [7, 11) is 0. The molecule has 7 nitrogen and oxygen atoms in total. The summed E-state index contributed by atoms with van der Waals surface area (Å²) < 4.78 is 11.4. The number of amides is 1. The summed E-state index contributed by atoms with van der Waals surface area (Å²) in [5.41, 5.74) is 0.445. The molecule has 0 aromatic carbocycles. The maximum atomic E-state index is 11.6. The largest absolute Gasteiger partial charge is 0.468 e. The van der Waals surface area contributed by atoms with E-state index in [-0.39, 0.29) is 6.04 Å². The van der Waals surface area contributed by atoms with Gasteiger partial charge in [0, 0.05) is 30.4 Å². The van der Waals surface area contributed by atoms with Crippen LogP contribution in [-0.4, -0.2) is 40.9 Å². The number of rotatable bonds is 5. The van der Waals surface area contributed by atoms with Crippen LogP contribution in [0, 0.1) is 0 Å². The van der Waals surface area contributed by atoms with E-state index in [0.717, 1.165) is 11.0 Å². The first-order chi connectivity index (χ1) is 11.8. The second-order valence-electron chi connectivity index (χ2n) is 6.42. The molecular formula is C18H27N3O4. The van der Waals surface area contributed by atoms with Gasteiger partial charge in [0.1, 0.15) is 11.2 Å². The molecule has 1 unspecified atom stereocenters. The number of pyridine rings is 1. The number of hydrogen-bond acceptors (Lipinski definition) is 5. The second kappa shape index (κ2) is 9.66. The normalized spacial score (nSPS) is 11.9. The third-order valence-corrected chi connectivity index (χ3v) is 3.13. The Kier molecular flexibility index (Phi) is 7.91. The van der Waals surface area contributed by atoms with Gasteiger partial charge in [0.2, 0.25) is 0 Å². The van der Waals surface area contributed by atoms with Gasteiger partial charge in [-0.2, -0.15) is 0 Å². The number of nitrogens with one attached hydrogen (secondary N) is 1. The Hall–Kier alpha value is -2.57. The lowest BCUT2D eigenvalue weighted by atomic mass is 10.2. The highest BCUT2D eigenvalue weighted by atomic mass is 16.6. The zero-order valence-electron chi connectivity index (χ0n) is 15.5. The molecule has 2 aromatic rings. The van der Waals surface area contributed by atoms with Crippen LogP contribution in [0.1, 0.15) is 40.7 Å². The number of aromatic nitrogens is 2. The maximum absolute atomic E-state index is 11.6. The van der Waals surface area contributed by atoms with Crippen molar-refractivity contribution >= 4 is 23.6 Å². The molecule has 0 saturated heterocycles. The Morgan fingerprint density at radius 2 is 2.12 bits per heavy atom. The number of nitrogens with zero attached hydrogens (tertiary/aromatic N) is 2. The van der Waals surface area contributed by atoms with Crippen LogP contribution in [0.5, 0.6) is 0 Å². The van der Waals surface area contributed by atoms with Gasteiger partial charge in [-0.25, -0.2) is 9.78 Å². The third-order valence-electron chi connectivity index (χ3n) is 3.13. The van der Waals surface area contributed by atoms with Gasteiger partial charge in [0.05, 0.1) is 6.61 Å². The molecule has 2 rings (SSSR count). The highest BCUT2D eigenvalue weighted by Crippen LogP contribution is 2.17. The molecule has 2 aromatic heterocycles. The lowest BCUT2D eigenvalue weighted by Crippen LogP contribution is -2.35. The third kappa shape index (κ3) is 7.24. The molecular weight excluding hydrogens is 322 g/mol. The minimum Gasteiger partial charge on any atom is -0.468 e. The summed E-state index contributed by atoms with van der Waals surface area (Å²) in [4.78, 5) is 25.2. The Bertz CT molecular complexity index is 676. The van der Waals surface area contributed by atoms with Crippen molar-refractivity contribution in [3.05, 3.63) is 30.6 Å². The van der Waals surface area contributed by atoms with Crippen LogP contribution in [-0.2, 0) is 14.3 Å². The fourth-order valence-electron chi connectivity index (χ4n) is 2.05. The van der Waals surface area contributed by atoms with E-state index in [1.807, 2.05) is 56.7 Å². The molecule has 1 atom stereocenters. The van der Waals surface area contributed by atoms with Crippen molar-refractivity contribution in [2.24, 2.45) is 0 Å². The van der Waals surface area contributed by atoms with Crippen LogP contribution in [0.2, 0.25) is 0 Å². The van der Waals surface area contributed by atoms with Crippen LogP contribution in [0.25, 0.3) is 11.0 Å². The summed E-state index contributed by atoms with van der Waals surface area (Å²) in [6.45, 7) is 10.7. The van der Waals surface area contributed by atoms with Crippen LogP contribution < -0.4 is 5.32 Å². The van der Waals surface area contributed by atoms with E-state index in [4.69, 9.17) is 4.74 Å². The van der Waals surface area contributed by atoms with Gasteiger partial charge >= 0.3 is 6.09 Å². The zero-order chi connectivity index (χ0) is 18.9. The summed E-state index contributed by atoms with van der Waals surface area (Å²) in [5.74, 6) is 0. The standard InChI is InChI=1S/C15H21N3O2.C3H6O2/c1-11(10-17-14(19)20-15(2,3)4)18-9-7-12-6-5-8-16-13(12)18;1-2-5-3-4/h5-9,11H,10H2,1-4H3,(H,17,19);3H,2H2,1H3. The molecule has 2 heterocycles. The molecule has 0 fully saturated rings. The van der Waals surface area contributed by atoms with E-state index >= 15 is 0 Å². The Labute approximate surface area is 148 Å². The molecule has 0 aliphatic heterocycles. The molecule has 0 bridgehead atoms. The van der Waals surface area contributed by atoms with E-state index < -0.39 is 11.7 Å². The molecule has 0 aliphatic rings. The van der Waals surface area contributed by atoms with Crippen molar-refractivity contribution in [2.75, 3.05) is 13.2 Å². The topological polar surface area (TPSA) is 82.4 Å². The summed E-state index contributed by atoms with van der Waals surface area (Å²) in [5, 5.41) is 3.88. The van der Waals surface area contributed by atoms with Gasteiger partial charge in [-0.05, 0) is 52.8 Å². The Morgan fingerprint density at radius 3 is 2.68 bits per heavy atom. The predicted octanol–water partition coefficient (Wildman–Crippen LogP) is 3.30. The first-order valence-corrected chi connectivity index (χ1v) is 8.22. The Balaban J connectivity index is 0.000000550. The molecule has 0 aliphatic carbocycles. The highest BCUT2D eigenvalue weighted by molar-refractivity contribution is 5.76. The minimum absolute atomic E-state index is 0.106. The van der Waals surface area contributed by atoms with Crippen molar-refractivity contribution in [3.8, 4) is 0 Å². The van der Waals surface area contributed by atoms with E-state index in [9.17, 15) is 9.59 Å². The number of carbonyl (C=O) groups is 2. The molecule has 25 heavy (non-hydrogen) atoms. The number of ether oxygens (including phenoxy) is 2. The molecule has 1 amide bonds. The molecule has 0 spiro atoms. The monoisotopic (exact) mass is 349 g/mol. The van der Waals surface area contributed by atoms with E-state index in [1.165, 1.54) is 0 Å². The fraction of sp³-hybridized carbons (Fsp3) is 0.500. The number of alkyl carbamates (subject to hydrolysis) is 1. The number of carbonyl (C=O) groups excluding carboxylic acids is 2. The lowest BCUT2D eigenvalue weighted by molar-refractivity contribution is -0.128. The van der Waals surface area contributed by atoms with Crippen LogP contribution >= 0.6 is 0 Å². The highest BCUT2D eigenvalue weighted by Gasteiger charge is 2.17. The smallest absolute Gasteiger partial charge is 0.407 e. The molecule has 1 N–H and O–H groups in total. The zero-order valence-corrected chi connectivity index (χ0v) is 15.5. The summed E-state index contributed by atoms with van der Waals surface area (Å²) in [6.07, 6.45) is 3.36. The van der Waals surface area contributed by atoms with Gasteiger partial charge in [0.25, 0.3) is 6.47 Å². The minimum atomic E-state index is -0.477. The van der Waals surface area contributed by atoms with Crippen molar-refractivity contribution in [1.82, 2.24) is 14.9 Å². The van der Waals surface area contributed by atoms with E-state index in [1.54, 1.807) is 13.1 Å². The van der Waals surface area contributed by atoms with E-state index in [2.05, 4.69) is 15.0 Å². The maximum Gasteiger partial charge on any atom is 0.407 e. The summed E-state index contributed by atoms with van der Waals surface area (Å²) >= 11 is 0. The molecule has 0 saturated carbocycles. The Morgan fingerprint density at radius 1 is 1.40 bits per heavy atom. The van der Waals surface area contributed by atoms with Crippen molar-refractivity contribution in [3.63, 3.8) is 0 Å².